The third-order valence-electron chi connectivity index (χ3n) is 3.59. The van der Waals surface area contributed by atoms with Gasteiger partial charge < -0.3 is 0 Å². The Morgan fingerprint density at radius 1 is 0.765 bits per heavy atom. The molecule has 0 bridgehead atoms. The molecule has 1 saturated heterocycles. The quantitative estimate of drug-likeness (QED) is 0.651. The van der Waals surface area contributed by atoms with Gasteiger partial charge in [-0.15, -0.1) is 0 Å². The Kier molecular flexibility index (Phi) is 8.93. The molecule has 0 saturated carbocycles. The molecule has 0 aromatic rings. The Labute approximate surface area is 112 Å². The van der Waals surface area contributed by atoms with E-state index in [1.165, 1.54) is 60.2 Å². The summed E-state index contributed by atoms with van der Waals surface area (Å²) >= 11 is -2.65. The van der Waals surface area contributed by atoms with Crippen LogP contribution in [0.25, 0.3) is 0 Å². The van der Waals surface area contributed by atoms with Crippen LogP contribution in [0.4, 0.5) is 0 Å². The summed E-state index contributed by atoms with van der Waals surface area (Å²) in [5, 5.41) is 0. The monoisotopic (exact) mass is 350 g/mol. The minimum absolute atomic E-state index is 0.976. The summed E-state index contributed by atoms with van der Waals surface area (Å²) in [7, 11) is 0. The van der Waals surface area contributed by atoms with Gasteiger partial charge in [-0.25, -0.2) is 0 Å². The van der Waals surface area contributed by atoms with Crippen molar-refractivity contribution in [3.05, 3.63) is 0 Å². The molecule has 0 N–H and O–H groups in total. The van der Waals surface area contributed by atoms with Crippen molar-refractivity contribution in [3.63, 3.8) is 0 Å². The van der Waals surface area contributed by atoms with Gasteiger partial charge in [0.25, 0.3) is 0 Å². The van der Waals surface area contributed by atoms with Gasteiger partial charge in [0.05, 0.1) is 0 Å². The second kappa shape index (κ2) is 9.62. The molecule has 1 fully saturated rings. The van der Waals surface area contributed by atoms with E-state index >= 15 is 0 Å². The molecule has 1 rings (SSSR count). The van der Waals surface area contributed by atoms with Gasteiger partial charge in [0.15, 0.2) is 0 Å². The third-order valence-corrected chi connectivity index (χ3v) is 14.1. The Morgan fingerprint density at radius 2 is 1.24 bits per heavy atom. The normalized spacial score (nSPS) is 21.5. The zero-order chi connectivity index (χ0) is 12.4. The molecular formula is C14H30O2Sn. The van der Waals surface area contributed by atoms with Crippen molar-refractivity contribution in [2.24, 2.45) is 0 Å². The van der Waals surface area contributed by atoms with E-state index in [9.17, 15) is 0 Å². The van der Waals surface area contributed by atoms with Gasteiger partial charge in [-0.1, -0.05) is 0 Å². The van der Waals surface area contributed by atoms with Crippen LogP contribution in [0.15, 0.2) is 0 Å². The van der Waals surface area contributed by atoms with Gasteiger partial charge in [-0.2, -0.15) is 0 Å². The standard InChI is InChI=1S/C6H12O2.2C4H9.Sn/c7-5-3-1-2-4-6-8;2*1-3-4-2;/h1-6H2;2*1,3-4H2,2H3;/q-2;;;+2. The Balaban J connectivity index is 2.53. The van der Waals surface area contributed by atoms with E-state index in [4.69, 9.17) is 6.15 Å². The van der Waals surface area contributed by atoms with Crippen LogP contribution < -0.4 is 0 Å². The number of hydrogen-bond acceptors (Lipinski definition) is 2. The zero-order valence-corrected chi connectivity index (χ0v) is 14.7. The number of hydrogen-bond donors (Lipinski definition) is 0. The molecule has 0 aliphatic carbocycles. The summed E-state index contributed by atoms with van der Waals surface area (Å²) in [6, 6.07) is 0. The zero-order valence-electron chi connectivity index (χ0n) is 11.8. The van der Waals surface area contributed by atoms with Gasteiger partial charge in [0, 0.05) is 0 Å². The van der Waals surface area contributed by atoms with Gasteiger partial charge in [-0.05, 0) is 0 Å². The molecule has 0 aromatic heterocycles. The molecule has 0 atom stereocenters. The summed E-state index contributed by atoms with van der Waals surface area (Å²) < 4.78 is 15.3. The summed E-state index contributed by atoms with van der Waals surface area (Å²) in [6.45, 7) is 6.50. The summed E-state index contributed by atoms with van der Waals surface area (Å²) in [4.78, 5) is 0. The predicted molar refractivity (Wildman–Crippen MR) is 75.6 cm³/mol. The second-order valence-electron chi connectivity index (χ2n) is 5.23. The average molecular weight is 349 g/mol. The molecule has 102 valence electrons. The third kappa shape index (κ3) is 6.44. The van der Waals surface area contributed by atoms with Crippen molar-refractivity contribution in [2.45, 2.75) is 74.1 Å². The first kappa shape index (κ1) is 15.8. The summed E-state index contributed by atoms with van der Waals surface area (Å²) in [5.41, 5.74) is 0. The maximum atomic E-state index is 6.34. The molecule has 0 amide bonds. The SMILES string of the molecule is CCC[CH2][Sn]1([CH2]CCC)[O]CCCCCC[O]1. The van der Waals surface area contributed by atoms with E-state index in [0.717, 1.165) is 13.2 Å². The Bertz CT molecular complexity index is 165. The first-order valence-electron chi connectivity index (χ1n) is 7.61. The molecule has 0 spiro atoms. The fourth-order valence-electron chi connectivity index (χ4n) is 2.42. The minimum atomic E-state index is -2.65. The molecule has 1 aliphatic rings. The van der Waals surface area contributed by atoms with E-state index in [2.05, 4.69) is 13.8 Å². The molecule has 0 radical (unpaired) electrons. The Morgan fingerprint density at radius 3 is 1.65 bits per heavy atom. The van der Waals surface area contributed by atoms with Crippen LogP contribution in [0.2, 0.25) is 8.87 Å². The van der Waals surface area contributed by atoms with Crippen molar-refractivity contribution in [3.8, 4) is 0 Å². The van der Waals surface area contributed by atoms with Crippen LogP contribution in [0.1, 0.15) is 65.2 Å². The fraction of sp³-hybridized carbons (Fsp3) is 1.00. The molecule has 2 nitrogen and oxygen atoms in total. The van der Waals surface area contributed by atoms with E-state index in [1.807, 2.05) is 0 Å². The van der Waals surface area contributed by atoms with Crippen molar-refractivity contribution < 1.29 is 6.15 Å². The van der Waals surface area contributed by atoms with Crippen LogP contribution in [0.5, 0.6) is 0 Å². The van der Waals surface area contributed by atoms with Crippen LogP contribution >= 0.6 is 0 Å². The molecule has 0 aromatic carbocycles. The van der Waals surface area contributed by atoms with Crippen LogP contribution in [-0.2, 0) is 6.15 Å². The molecule has 3 heteroatoms. The topological polar surface area (TPSA) is 18.5 Å². The van der Waals surface area contributed by atoms with Crippen molar-refractivity contribution in [2.75, 3.05) is 13.2 Å². The van der Waals surface area contributed by atoms with Gasteiger partial charge in [-0.3, -0.25) is 0 Å². The van der Waals surface area contributed by atoms with Crippen molar-refractivity contribution in [1.29, 1.82) is 0 Å². The fourth-order valence-corrected chi connectivity index (χ4v) is 13.1. The van der Waals surface area contributed by atoms with E-state index < -0.39 is 19.2 Å². The van der Waals surface area contributed by atoms with E-state index in [-0.39, 0.29) is 0 Å². The van der Waals surface area contributed by atoms with Crippen LogP contribution in [-0.4, -0.2) is 32.4 Å². The van der Waals surface area contributed by atoms with Crippen LogP contribution in [0, 0.1) is 0 Å². The molecular weight excluding hydrogens is 319 g/mol. The molecule has 1 heterocycles. The average Bonchev–Trinajstić information content (AvgIpc) is 2.47. The van der Waals surface area contributed by atoms with Gasteiger partial charge in [0.1, 0.15) is 0 Å². The summed E-state index contributed by atoms with van der Waals surface area (Å²) in [6.07, 6.45) is 10.3. The second-order valence-corrected chi connectivity index (χ2v) is 14.9. The van der Waals surface area contributed by atoms with E-state index in [0.29, 0.717) is 0 Å². The van der Waals surface area contributed by atoms with Crippen LogP contribution in [0.3, 0.4) is 0 Å². The maximum absolute atomic E-state index is 6.34. The predicted octanol–water partition coefficient (Wildman–Crippen LogP) is 4.64. The first-order chi connectivity index (χ1) is 8.33. The molecule has 0 unspecified atom stereocenters. The number of rotatable bonds is 6. The molecule has 1 aliphatic heterocycles. The first-order valence-corrected chi connectivity index (χ1v) is 14.0. The van der Waals surface area contributed by atoms with Crippen molar-refractivity contribution in [1.82, 2.24) is 0 Å². The van der Waals surface area contributed by atoms with Gasteiger partial charge >= 0.3 is 113 Å². The Hall–Kier alpha value is 0.719. The van der Waals surface area contributed by atoms with E-state index in [1.54, 1.807) is 0 Å². The van der Waals surface area contributed by atoms with Gasteiger partial charge in [0.2, 0.25) is 0 Å². The van der Waals surface area contributed by atoms with Crippen molar-refractivity contribution >= 4 is 19.2 Å². The number of unbranched alkanes of at least 4 members (excludes halogenated alkanes) is 2. The molecule has 17 heavy (non-hydrogen) atoms. The summed E-state index contributed by atoms with van der Waals surface area (Å²) in [5.74, 6) is 0.